The lowest BCUT2D eigenvalue weighted by molar-refractivity contribution is -0.384. The molecule has 6 nitrogen and oxygen atoms in total. The van der Waals surface area contributed by atoms with Crippen molar-refractivity contribution in [2.45, 2.75) is 25.8 Å². The van der Waals surface area contributed by atoms with Gasteiger partial charge in [0.15, 0.2) is 0 Å². The molecule has 108 valence electrons. The number of rotatable bonds is 4. The summed E-state index contributed by atoms with van der Waals surface area (Å²) in [6.45, 7) is 4.37. The minimum atomic E-state index is -0.475. The number of carbonyl (C=O) groups excluding carboxylic acids is 1. The minimum Gasteiger partial charge on any atom is -0.336 e. The van der Waals surface area contributed by atoms with Gasteiger partial charge < -0.3 is 10.2 Å². The maximum absolute atomic E-state index is 12.5. The van der Waals surface area contributed by atoms with Gasteiger partial charge in [0.2, 0.25) is 0 Å². The van der Waals surface area contributed by atoms with E-state index >= 15 is 0 Å². The van der Waals surface area contributed by atoms with Gasteiger partial charge in [-0.2, -0.15) is 0 Å². The number of nitro groups is 1. The van der Waals surface area contributed by atoms with Crippen LogP contribution in [0.3, 0.4) is 0 Å². The topological polar surface area (TPSA) is 75.5 Å². The highest BCUT2D eigenvalue weighted by Crippen LogP contribution is 2.18. The number of benzene rings is 1. The Kier molecular flexibility index (Phi) is 4.68. The van der Waals surface area contributed by atoms with Gasteiger partial charge in [0, 0.05) is 30.3 Å². The molecule has 0 aliphatic carbocycles. The molecule has 1 aromatic carbocycles. The molecule has 1 N–H and O–H groups in total. The van der Waals surface area contributed by atoms with Crippen molar-refractivity contribution >= 4 is 11.6 Å². The smallest absolute Gasteiger partial charge is 0.270 e. The first-order valence-electron chi connectivity index (χ1n) is 6.89. The van der Waals surface area contributed by atoms with Crippen molar-refractivity contribution in [3.05, 3.63) is 39.9 Å². The van der Waals surface area contributed by atoms with E-state index in [9.17, 15) is 14.9 Å². The monoisotopic (exact) mass is 277 g/mol. The number of non-ortho nitro benzene ring substituents is 1. The van der Waals surface area contributed by atoms with Crippen LogP contribution in [0.2, 0.25) is 0 Å². The molecule has 0 spiro atoms. The maximum Gasteiger partial charge on any atom is 0.270 e. The third-order valence-electron chi connectivity index (χ3n) is 3.65. The molecule has 0 radical (unpaired) electrons. The molecule has 1 aromatic rings. The summed E-state index contributed by atoms with van der Waals surface area (Å²) in [6, 6.07) is 6.16. The highest BCUT2D eigenvalue weighted by Gasteiger charge is 2.25. The molecule has 20 heavy (non-hydrogen) atoms. The molecule has 1 amide bonds. The van der Waals surface area contributed by atoms with Crippen molar-refractivity contribution in [1.29, 1.82) is 0 Å². The van der Waals surface area contributed by atoms with Gasteiger partial charge in [-0.15, -0.1) is 0 Å². The number of amides is 1. The summed E-state index contributed by atoms with van der Waals surface area (Å²) in [4.78, 5) is 24.7. The minimum absolute atomic E-state index is 0.0442. The molecule has 1 fully saturated rings. The fourth-order valence-corrected chi connectivity index (χ4v) is 2.60. The molecule has 0 bridgehead atoms. The van der Waals surface area contributed by atoms with Gasteiger partial charge in [0.05, 0.1) is 4.92 Å². The van der Waals surface area contributed by atoms with Crippen molar-refractivity contribution in [3.63, 3.8) is 0 Å². The molecule has 2 rings (SSSR count). The van der Waals surface area contributed by atoms with Gasteiger partial charge >= 0.3 is 0 Å². The van der Waals surface area contributed by atoms with Crippen LogP contribution in [0.1, 0.15) is 30.1 Å². The van der Waals surface area contributed by atoms with Crippen LogP contribution in [-0.2, 0) is 0 Å². The van der Waals surface area contributed by atoms with E-state index in [4.69, 9.17) is 0 Å². The largest absolute Gasteiger partial charge is 0.336 e. The summed E-state index contributed by atoms with van der Waals surface area (Å²) in [6.07, 6.45) is 1.85. The SMILES string of the molecule is CCN(C(=O)c1cccc([N+](=O)[O-])c1)C1CCNCC1. The number of hydrogen-bond acceptors (Lipinski definition) is 4. The number of nitro benzene ring substituents is 1. The van der Waals surface area contributed by atoms with Crippen molar-refractivity contribution < 1.29 is 9.72 Å². The standard InChI is InChI=1S/C14H19N3O3/c1-2-16(12-6-8-15-9-7-12)14(18)11-4-3-5-13(10-11)17(19)20/h3-5,10,12,15H,2,6-9H2,1H3. The summed E-state index contributed by atoms with van der Waals surface area (Å²) in [5, 5.41) is 14.1. The van der Waals surface area contributed by atoms with E-state index in [0.717, 1.165) is 25.9 Å². The Morgan fingerprint density at radius 3 is 2.75 bits per heavy atom. The van der Waals surface area contributed by atoms with Crippen molar-refractivity contribution in [2.75, 3.05) is 19.6 Å². The van der Waals surface area contributed by atoms with Gasteiger partial charge in [-0.05, 0) is 38.9 Å². The lowest BCUT2D eigenvalue weighted by atomic mass is 10.0. The molecule has 0 aromatic heterocycles. The van der Waals surface area contributed by atoms with Crippen LogP contribution in [0.5, 0.6) is 0 Å². The molecule has 0 unspecified atom stereocenters. The molecule has 1 heterocycles. The average molecular weight is 277 g/mol. The van der Waals surface area contributed by atoms with Gasteiger partial charge in [0.1, 0.15) is 0 Å². The summed E-state index contributed by atoms with van der Waals surface area (Å²) in [5.74, 6) is -0.122. The van der Waals surface area contributed by atoms with Crippen LogP contribution >= 0.6 is 0 Å². The quantitative estimate of drug-likeness (QED) is 0.672. The second kappa shape index (κ2) is 6.47. The molecule has 0 atom stereocenters. The van der Waals surface area contributed by atoms with E-state index in [0.29, 0.717) is 12.1 Å². The molecule has 1 saturated heterocycles. The predicted octanol–water partition coefficient (Wildman–Crippen LogP) is 1.81. The second-order valence-electron chi connectivity index (χ2n) is 4.88. The third-order valence-corrected chi connectivity index (χ3v) is 3.65. The third kappa shape index (κ3) is 3.14. The van der Waals surface area contributed by atoms with Gasteiger partial charge in [-0.25, -0.2) is 0 Å². The molecule has 1 aliphatic heterocycles. The fraction of sp³-hybridized carbons (Fsp3) is 0.500. The zero-order valence-electron chi connectivity index (χ0n) is 11.5. The Labute approximate surface area is 117 Å². The summed E-state index contributed by atoms with van der Waals surface area (Å²) in [5.41, 5.74) is 0.344. The van der Waals surface area contributed by atoms with E-state index in [-0.39, 0.29) is 17.6 Å². The van der Waals surface area contributed by atoms with Crippen molar-refractivity contribution in [2.24, 2.45) is 0 Å². The molecule has 6 heteroatoms. The summed E-state index contributed by atoms with van der Waals surface area (Å²) >= 11 is 0. The van der Waals surface area contributed by atoms with E-state index in [1.165, 1.54) is 12.1 Å². The second-order valence-corrected chi connectivity index (χ2v) is 4.88. The Balaban J connectivity index is 2.19. The van der Waals surface area contributed by atoms with E-state index < -0.39 is 4.92 Å². The predicted molar refractivity (Wildman–Crippen MR) is 75.7 cm³/mol. The first-order valence-corrected chi connectivity index (χ1v) is 6.89. The fourth-order valence-electron chi connectivity index (χ4n) is 2.60. The number of hydrogen-bond donors (Lipinski definition) is 1. The first-order chi connectivity index (χ1) is 9.63. The highest BCUT2D eigenvalue weighted by molar-refractivity contribution is 5.95. The summed E-state index contributed by atoms with van der Waals surface area (Å²) < 4.78 is 0. The number of nitrogens with one attached hydrogen (secondary N) is 1. The molecular weight excluding hydrogens is 258 g/mol. The molecule has 0 saturated carbocycles. The zero-order chi connectivity index (χ0) is 14.5. The Morgan fingerprint density at radius 1 is 1.45 bits per heavy atom. The number of piperidine rings is 1. The van der Waals surface area contributed by atoms with Crippen molar-refractivity contribution in [3.8, 4) is 0 Å². The maximum atomic E-state index is 12.5. The van der Waals surface area contributed by atoms with Crippen LogP contribution in [0, 0.1) is 10.1 Å². The zero-order valence-corrected chi connectivity index (χ0v) is 11.5. The molecular formula is C14H19N3O3. The normalized spacial score (nSPS) is 15.8. The van der Waals surface area contributed by atoms with Gasteiger partial charge in [-0.1, -0.05) is 6.07 Å². The van der Waals surface area contributed by atoms with Crippen LogP contribution in [0.4, 0.5) is 5.69 Å². The van der Waals surface area contributed by atoms with Gasteiger partial charge in [-0.3, -0.25) is 14.9 Å². The first kappa shape index (κ1) is 14.5. The number of carbonyl (C=O) groups is 1. The lowest BCUT2D eigenvalue weighted by Crippen LogP contribution is -2.46. The van der Waals surface area contributed by atoms with Crippen LogP contribution < -0.4 is 5.32 Å². The van der Waals surface area contributed by atoms with Crippen LogP contribution in [-0.4, -0.2) is 41.4 Å². The molecule has 1 aliphatic rings. The Bertz CT molecular complexity index is 498. The lowest BCUT2D eigenvalue weighted by Gasteiger charge is -2.34. The van der Waals surface area contributed by atoms with Crippen molar-refractivity contribution in [1.82, 2.24) is 10.2 Å². The Morgan fingerprint density at radius 2 is 2.15 bits per heavy atom. The van der Waals surface area contributed by atoms with E-state index in [1.54, 1.807) is 12.1 Å². The van der Waals surface area contributed by atoms with Gasteiger partial charge in [0.25, 0.3) is 11.6 Å². The van der Waals surface area contributed by atoms with Crippen LogP contribution in [0.25, 0.3) is 0 Å². The Hall–Kier alpha value is -1.95. The summed E-state index contributed by atoms with van der Waals surface area (Å²) in [7, 11) is 0. The number of nitrogens with zero attached hydrogens (tertiary/aromatic N) is 2. The van der Waals surface area contributed by atoms with Crippen LogP contribution in [0.15, 0.2) is 24.3 Å². The highest BCUT2D eigenvalue weighted by atomic mass is 16.6. The van der Waals surface area contributed by atoms with E-state index in [2.05, 4.69) is 5.32 Å². The van der Waals surface area contributed by atoms with E-state index in [1.807, 2.05) is 11.8 Å². The average Bonchev–Trinajstić information content (AvgIpc) is 2.49.